The summed E-state index contributed by atoms with van der Waals surface area (Å²) in [6.45, 7) is 1.36. The highest BCUT2D eigenvalue weighted by Gasteiger charge is 2.20. The van der Waals surface area contributed by atoms with Crippen molar-refractivity contribution in [2.45, 2.75) is 6.92 Å². The minimum atomic E-state index is -1.81. The lowest BCUT2D eigenvalue weighted by Crippen LogP contribution is -2.08. The van der Waals surface area contributed by atoms with Crippen LogP contribution in [0.5, 0.6) is 0 Å². The molecule has 0 saturated heterocycles. The van der Waals surface area contributed by atoms with Crippen LogP contribution >= 0.6 is 0 Å². The summed E-state index contributed by atoms with van der Waals surface area (Å²) in [6, 6.07) is 5.54. The third-order valence-corrected chi connectivity index (χ3v) is 2.60. The van der Waals surface area contributed by atoms with Crippen LogP contribution in [0.2, 0.25) is 0 Å². The van der Waals surface area contributed by atoms with Gasteiger partial charge in [-0.15, -0.1) is 0 Å². The van der Waals surface area contributed by atoms with Crippen molar-refractivity contribution in [3.8, 4) is 0 Å². The quantitative estimate of drug-likeness (QED) is 0.407. The fourth-order valence-electron chi connectivity index (χ4n) is 1.54. The van der Waals surface area contributed by atoms with Gasteiger partial charge in [-0.25, -0.2) is 4.39 Å². The molecule has 110 valence electrons. The highest BCUT2D eigenvalue weighted by Crippen LogP contribution is 2.22. The zero-order valence-electron chi connectivity index (χ0n) is 10.6. The Hall–Kier alpha value is -2.51. The lowest BCUT2D eigenvalue weighted by molar-refractivity contribution is 0.411. The maximum absolute atomic E-state index is 13.5. The number of nitrogens with zero attached hydrogens (tertiary/aromatic N) is 2. The van der Waals surface area contributed by atoms with Crippen molar-refractivity contribution in [3.05, 3.63) is 59.2 Å². The molecule has 0 aliphatic heterocycles. The zero-order valence-corrected chi connectivity index (χ0v) is 10.6. The lowest BCUT2D eigenvalue weighted by Gasteiger charge is -2.07. The number of rotatable bonds is 3. The molecule has 1 aromatic carbocycles. The first kappa shape index (κ1) is 14.9. The van der Waals surface area contributed by atoms with E-state index in [9.17, 15) is 22.0 Å². The Labute approximate surface area is 116 Å². The summed E-state index contributed by atoms with van der Waals surface area (Å²) in [6.07, 6.45) is 0. The minimum Gasteiger partial charge on any atom is -0.272 e. The molecule has 0 unspecified atom stereocenters. The average Bonchev–Trinajstić information content (AvgIpc) is 2.45. The largest absolute Gasteiger partial charge is 0.272 e. The topological polar surface area (TPSA) is 37.3 Å². The summed E-state index contributed by atoms with van der Waals surface area (Å²) in [5.74, 6) is -7.67. The van der Waals surface area contributed by atoms with Crippen molar-refractivity contribution in [2.24, 2.45) is 5.10 Å². The van der Waals surface area contributed by atoms with Gasteiger partial charge in [-0.1, -0.05) is 18.2 Å². The number of pyridine rings is 1. The third kappa shape index (κ3) is 2.99. The highest BCUT2D eigenvalue weighted by molar-refractivity contribution is 5.99. The number of halogens is 5. The molecule has 1 N–H and O–H groups in total. The first-order valence-electron chi connectivity index (χ1n) is 5.67. The maximum Gasteiger partial charge on any atom is 0.254 e. The molecular formula is C13H8F5N3. The maximum atomic E-state index is 13.5. The summed E-state index contributed by atoms with van der Waals surface area (Å²) in [5.41, 5.74) is 0.799. The van der Waals surface area contributed by atoms with E-state index in [-0.39, 0.29) is 11.3 Å². The number of hydrogen-bond donors (Lipinski definition) is 1. The summed E-state index contributed by atoms with van der Waals surface area (Å²) in [4.78, 5) is 2.40. The van der Waals surface area contributed by atoms with Gasteiger partial charge in [-0.3, -0.25) is 5.43 Å². The number of hydrogen-bond acceptors (Lipinski definition) is 3. The molecule has 0 fully saturated rings. The first-order valence-corrected chi connectivity index (χ1v) is 5.67. The van der Waals surface area contributed by atoms with Gasteiger partial charge in [0.05, 0.1) is 5.71 Å². The average molecular weight is 301 g/mol. The Bertz CT molecular complexity index is 689. The second kappa shape index (κ2) is 5.86. The number of anilines is 1. The smallest absolute Gasteiger partial charge is 0.254 e. The van der Waals surface area contributed by atoms with E-state index in [1.165, 1.54) is 31.2 Å². The molecule has 0 saturated carbocycles. The van der Waals surface area contributed by atoms with Gasteiger partial charge in [0.2, 0.25) is 11.6 Å². The molecule has 8 heteroatoms. The second-order valence-corrected chi connectivity index (χ2v) is 3.99. The van der Waals surface area contributed by atoms with Crippen molar-refractivity contribution >= 4 is 11.4 Å². The van der Waals surface area contributed by atoms with E-state index in [2.05, 4.69) is 10.1 Å². The molecular weight excluding hydrogens is 293 g/mol. The van der Waals surface area contributed by atoms with E-state index in [0.29, 0.717) is 0 Å². The summed E-state index contributed by atoms with van der Waals surface area (Å²) >= 11 is 0. The van der Waals surface area contributed by atoms with Crippen LogP contribution in [0.3, 0.4) is 0 Å². The second-order valence-electron chi connectivity index (χ2n) is 3.99. The van der Waals surface area contributed by atoms with Crippen LogP contribution in [0.4, 0.5) is 27.6 Å². The fraction of sp³-hybridized carbons (Fsp3) is 0.0769. The Morgan fingerprint density at radius 2 is 1.57 bits per heavy atom. The van der Waals surface area contributed by atoms with E-state index in [1.807, 2.05) is 5.43 Å². The van der Waals surface area contributed by atoms with E-state index < -0.39 is 35.0 Å². The van der Waals surface area contributed by atoms with Gasteiger partial charge in [0, 0.05) is 5.56 Å². The molecule has 0 aliphatic rings. The fourth-order valence-corrected chi connectivity index (χ4v) is 1.54. The Balaban J connectivity index is 2.36. The molecule has 1 aromatic heterocycles. The summed E-state index contributed by atoms with van der Waals surface area (Å²) in [7, 11) is 0. The molecule has 0 amide bonds. The van der Waals surface area contributed by atoms with Gasteiger partial charge in [0.25, 0.3) is 11.9 Å². The van der Waals surface area contributed by atoms with E-state index in [0.717, 1.165) is 0 Å². The summed E-state index contributed by atoms with van der Waals surface area (Å²) < 4.78 is 65.9. The minimum absolute atomic E-state index is 0.0320. The Kier molecular flexibility index (Phi) is 4.15. The third-order valence-electron chi connectivity index (χ3n) is 2.60. The van der Waals surface area contributed by atoms with Gasteiger partial charge >= 0.3 is 0 Å². The zero-order chi connectivity index (χ0) is 15.6. The van der Waals surface area contributed by atoms with Crippen LogP contribution in [-0.4, -0.2) is 10.7 Å². The van der Waals surface area contributed by atoms with Crippen LogP contribution in [0, 0.1) is 29.3 Å². The monoisotopic (exact) mass is 301 g/mol. The Morgan fingerprint density at radius 1 is 1.00 bits per heavy atom. The highest BCUT2D eigenvalue weighted by atomic mass is 19.2. The van der Waals surface area contributed by atoms with Crippen molar-refractivity contribution in [1.82, 2.24) is 4.98 Å². The van der Waals surface area contributed by atoms with Crippen LogP contribution in [0.1, 0.15) is 12.5 Å². The molecule has 0 radical (unpaired) electrons. The lowest BCUT2D eigenvalue weighted by atomic mass is 10.1. The SMILES string of the molecule is C/C(=N\Nc1c(F)c(F)nc(F)c1F)c1ccccc1F. The van der Waals surface area contributed by atoms with E-state index in [4.69, 9.17) is 0 Å². The molecule has 0 atom stereocenters. The van der Waals surface area contributed by atoms with Crippen molar-refractivity contribution in [2.75, 3.05) is 5.43 Å². The number of nitrogens with one attached hydrogen (secondary N) is 1. The van der Waals surface area contributed by atoms with Crippen molar-refractivity contribution in [1.29, 1.82) is 0 Å². The summed E-state index contributed by atoms with van der Waals surface area (Å²) in [5, 5.41) is 3.51. The first-order chi connectivity index (χ1) is 9.91. The van der Waals surface area contributed by atoms with Crippen molar-refractivity contribution in [3.63, 3.8) is 0 Å². The van der Waals surface area contributed by atoms with Crippen LogP contribution in [-0.2, 0) is 0 Å². The predicted octanol–water partition coefficient (Wildman–Crippen LogP) is 3.61. The molecule has 0 bridgehead atoms. The molecule has 0 aliphatic carbocycles. The van der Waals surface area contributed by atoms with Crippen LogP contribution in [0.25, 0.3) is 0 Å². The van der Waals surface area contributed by atoms with Gasteiger partial charge in [-0.2, -0.15) is 27.6 Å². The van der Waals surface area contributed by atoms with Crippen LogP contribution in [0.15, 0.2) is 29.4 Å². The van der Waals surface area contributed by atoms with Crippen LogP contribution < -0.4 is 5.43 Å². The number of benzene rings is 1. The number of hydrazone groups is 1. The normalized spacial score (nSPS) is 11.6. The van der Waals surface area contributed by atoms with Gasteiger partial charge in [0.1, 0.15) is 11.5 Å². The molecule has 2 aromatic rings. The molecule has 3 nitrogen and oxygen atoms in total. The van der Waals surface area contributed by atoms with Gasteiger partial charge < -0.3 is 0 Å². The molecule has 2 rings (SSSR count). The van der Waals surface area contributed by atoms with Gasteiger partial charge in [0.15, 0.2) is 0 Å². The van der Waals surface area contributed by atoms with E-state index >= 15 is 0 Å². The molecule has 21 heavy (non-hydrogen) atoms. The van der Waals surface area contributed by atoms with Gasteiger partial charge in [-0.05, 0) is 13.0 Å². The number of aromatic nitrogens is 1. The standard InChI is InChI=1S/C13H8F5N3/c1-6(7-4-2-3-5-8(7)14)20-21-11-9(15)12(17)19-13(18)10(11)16/h2-5H,1H3,(H,19,21)/b20-6+. The molecule has 1 heterocycles. The van der Waals surface area contributed by atoms with E-state index in [1.54, 1.807) is 0 Å². The predicted molar refractivity (Wildman–Crippen MR) is 66.3 cm³/mol. The Morgan fingerprint density at radius 3 is 2.14 bits per heavy atom. The van der Waals surface area contributed by atoms with Crippen molar-refractivity contribution < 1.29 is 22.0 Å². The molecule has 0 spiro atoms.